The van der Waals surface area contributed by atoms with Crippen LogP contribution in [0.25, 0.3) is 11.3 Å². The average molecular weight is 218 g/mol. The minimum atomic E-state index is 0.207. The molecule has 0 aliphatic rings. The maximum Gasteiger partial charge on any atom is 0.196 e. The van der Waals surface area contributed by atoms with E-state index in [1.54, 1.807) is 12.1 Å². The summed E-state index contributed by atoms with van der Waals surface area (Å²) in [5, 5.41) is 9.72. The zero-order valence-electron chi connectivity index (χ0n) is 9.10. The quantitative estimate of drug-likeness (QED) is 0.824. The molecular formula is C12H14N2O2. The van der Waals surface area contributed by atoms with Gasteiger partial charge < -0.3 is 15.3 Å². The number of aromatic nitrogens is 1. The molecule has 2 aromatic rings. The largest absolute Gasteiger partial charge is 0.507 e. The van der Waals surface area contributed by atoms with Crippen LogP contribution in [0.3, 0.4) is 0 Å². The molecule has 3 N–H and O–H groups in total. The van der Waals surface area contributed by atoms with E-state index in [0.717, 1.165) is 0 Å². The molecule has 0 unspecified atom stereocenters. The highest BCUT2D eigenvalue weighted by atomic mass is 16.4. The maximum atomic E-state index is 9.72. The molecule has 0 atom stereocenters. The van der Waals surface area contributed by atoms with Crippen molar-refractivity contribution >= 4 is 0 Å². The van der Waals surface area contributed by atoms with Crippen LogP contribution in [0.15, 0.2) is 28.7 Å². The molecule has 1 aromatic heterocycles. The fourth-order valence-electron chi connectivity index (χ4n) is 1.61. The topological polar surface area (TPSA) is 72.3 Å². The highest BCUT2D eigenvalue weighted by Gasteiger charge is 2.13. The Morgan fingerprint density at radius 3 is 2.81 bits per heavy atom. The van der Waals surface area contributed by atoms with Gasteiger partial charge in [-0.25, -0.2) is 4.98 Å². The summed E-state index contributed by atoms with van der Waals surface area (Å²) in [6.45, 7) is 2.33. The second kappa shape index (κ2) is 4.37. The Hall–Kier alpha value is -1.81. The van der Waals surface area contributed by atoms with E-state index in [0.29, 0.717) is 35.9 Å². The third kappa shape index (κ3) is 1.92. The van der Waals surface area contributed by atoms with Gasteiger partial charge in [-0.1, -0.05) is 12.1 Å². The van der Waals surface area contributed by atoms with Crippen molar-refractivity contribution in [3.8, 4) is 17.0 Å². The standard InChI is InChI=1S/C12H14N2O2/c1-8-12(14-11(16-8)6-7-13)9-4-2-3-5-10(9)15/h2-5,15H,6-7,13H2,1H3. The fourth-order valence-corrected chi connectivity index (χ4v) is 1.61. The van der Waals surface area contributed by atoms with Crippen molar-refractivity contribution in [2.45, 2.75) is 13.3 Å². The average Bonchev–Trinajstić information content (AvgIpc) is 2.61. The SMILES string of the molecule is Cc1oc(CCN)nc1-c1ccccc1O. The summed E-state index contributed by atoms with van der Waals surface area (Å²) in [6, 6.07) is 7.07. The van der Waals surface area contributed by atoms with Crippen molar-refractivity contribution in [1.82, 2.24) is 4.98 Å². The van der Waals surface area contributed by atoms with Gasteiger partial charge in [0.2, 0.25) is 0 Å². The third-order valence-corrected chi connectivity index (χ3v) is 2.36. The monoisotopic (exact) mass is 218 g/mol. The summed E-state index contributed by atoms with van der Waals surface area (Å²) >= 11 is 0. The first-order valence-electron chi connectivity index (χ1n) is 5.17. The van der Waals surface area contributed by atoms with Crippen LogP contribution in [-0.2, 0) is 6.42 Å². The summed E-state index contributed by atoms with van der Waals surface area (Å²) in [4.78, 5) is 4.32. The number of oxazole rings is 1. The molecule has 0 saturated heterocycles. The van der Waals surface area contributed by atoms with Crippen LogP contribution < -0.4 is 5.73 Å². The van der Waals surface area contributed by atoms with Crippen molar-refractivity contribution in [2.24, 2.45) is 5.73 Å². The number of hydrogen-bond acceptors (Lipinski definition) is 4. The number of hydrogen-bond donors (Lipinski definition) is 2. The molecule has 0 aliphatic heterocycles. The van der Waals surface area contributed by atoms with Gasteiger partial charge >= 0.3 is 0 Å². The number of benzene rings is 1. The lowest BCUT2D eigenvalue weighted by atomic mass is 10.1. The van der Waals surface area contributed by atoms with Crippen LogP contribution in [-0.4, -0.2) is 16.6 Å². The Bertz CT molecular complexity index is 492. The first-order valence-corrected chi connectivity index (χ1v) is 5.17. The maximum absolute atomic E-state index is 9.72. The van der Waals surface area contributed by atoms with Crippen LogP contribution in [0.4, 0.5) is 0 Å². The number of aryl methyl sites for hydroxylation is 1. The van der Waals surface area contributed by atoms with Gasteiger partial charge in [-0.2, -0.15) is 0 Å². The van der Waals surface area contributed by atoms with Gasteiger partial charge in [0.05, 0.1) is 0 Å². The number of para-hydroxylation sites is 1. The third-order valence-electron chi connectivity index (χ3n) is 2.36. The van der Waals surface area contributed by atoms with E-state index in [1.807, 2.05) is 19.1 Å². The number of nitrogens with zero attached hydrogens (tertiary/aromatic N) is 1. The van der Waals surface area contributed by atoms with E-state index in [4.69, 9.17) is 10.2 Å². The second-order valence-corrected chi connectivity index (χ2v) is 3.57. The van der Waals surface area contributed by atoms with Crippen molar-refractivity contribution in [2.75, 3.05) is 6.54 Å². The first-order chi connectivity index (χ1) is 7.72. The zero-order chi connectivity index (χ0) is 11.5. The predicted molar refractivity (Wildman–Crippen MR) is 61.1 cm³/mol. The van der Waals surface area contributed by atoms with E-state index < -0.39 is 0 Å². The number of aromatic hydroxyl groups is 1. The molecule has 0 bridgehead atoms. The van der Waals surface area contributed by atoms with Gasteiger partial charge in [0.15, 0.2) is 5.89 Å². The van der Waals surface area contributed by atoms with Crippen LogP contribution in [0.2, 0.25) is 0 Å². The van der Waals surface area contributed by atoms with E-state index in [9.17, 15) is 5.11 Å². The molecule has 0 fully saturated rings. The lowest BCUT2D eigenvalue weighted by molar-refractivity contribution is 0.471. The van der Waals surface area contributed by atoms with E-state index >= 15 is 0 Å². The molecule has 2 rings (SSSR count). The number of nitrogens with two attached hydrogens (primary N) is 1. The van der Waals surface area contributed by atoms with Crippen molar-refractivity contribution in [3.63, 3.8) is 0 Å². The lowest BCUT2D eigenvalue weighted by Crippen LogP contribution is -2.02. The smallest absolute Gasteiger partial charge is 0.196 e. The Balaban J connectivity index is 2.44. The van der Waals surface area contributed by atoms with Gasteiger partial charge in [0.1, 0.15) is 17.2 Å². The minimum Gasteiger partial charge on any atom is -0.507 e. The molecular weight excluding hydrogens is 204 g/mol. The first kappa shape index (κ1) is 10.7. The zero-order valence-corrected chi connectivity index (χ0v) is 9.10. The molecule has 0 amide bonds. The summed E-state index contributed by atoms with van der Waals surface area (Å²) < 4.78 is 5.46. The van der Waals surface area contributed by atoms with Crippen molar-refractivity contribution in [3.05, 3.63) is 35.9 Å². The van der Waals surface area contributed by atoms with Crippen LogP contribution in [0, 0.1) is 6.92 Å². The van der Waals surface area contributed by atoms with Gasteiger partial charge in [0.25, 0.3) is 0 Å². The Morgan fingerprint density at radius 1 is 1.38 bits per heavy atom. The van der Waals surface area contributed by atoms with Crippen LogP contribution in [0.5, 0.6) is 5.75 Å². The van der Waals surface area contributed by atoms with E-state index in [2.05, 4.69) is 4.98 Å². The number of phenols is 1. The van der Waals surface area contributed by atoms with Gasteiger partial charge in [-0.3, -0.25) is 0 Å². The molecule has 16 heavy (non-hydrogen) atoms. The molecule has 0 saturated carbocycles. The highest BCUT2D eigenvalue weighted by Crippen LogP contribution is 2.30. The van der Waals surface area contributed by atoms with Gasteiger partial charge in [-0.05, 0) is 19.1 Å². The Morgan fingerprint density at radius 2 is 2.12 bits per heavy atom. The number of phenolic OH excluding ortho intramolecular Hbond substituents is 1. The molecule has 0 radical (unpaired) electrons. The van der Waals surface area contributed by atoms with Crippen LogP contribution >= 0.6 is 0 Å². The van der Waals surface area contributed by atoms with Crippen molar-refractivity contribution < 1.29 is 9.52 Å². The summed E-state index contributed by atoms with van der Waals surface area (Å²) in [6.07, 6.45) is 0.606. The molecule has 4 heteroatoms. The predicted octanol–water partition coefficient (Wildman–Crippen LogP) is 1.86. The molecule has 0 spiro atoms. The number of rotatable bonds is 3. The minimum absolute atomic E-state index is 0.207. The summed E-state index contributed by atoms with van der Waals surface area (Å²) in [7, 11) is 0. The second-order valence-electron chi connectivity index (χ2n) is 3.57. The fraction of sp³-hybridized carbons (Fsp3) is 0.250. The van der Waals surface area contributed by atoms with Gasteiger partial charge in [-0.15, -0.1) is 0 Å². The lowest BCUT2D eigenvalue weighted by Gasteiger charge is -1.99. The molecule has 0 aliphatic carbocycles. The molecule has 1 aromatic carbocycles. The van der Waals surface area contributed by atoms with E-state index in [-0.39, 0.29) is 5.75 Å². The van der Waals surface area contributed by atoms with Crippen molar-refractivity contribution in [1.29, 1.82) is 0 Å². The molecule has 1 heterocycles. The Labute approximate surface area is 93.7 Å². The summed E-state index contributed by atoms with van der Waals surface area (Å²) in [5.74, 6) is 1.52. The summed E-state index contributed by atoms with van der Waals surface area (Å²) in [5.41, 5.74) is 6.81. The van der Waals surface area contributed by atoms with Gasteiger partial charge in [0, 0.05) is 18.5 Å². The molecule has 84 valence electrons. The highest BCUT2D eigenvalue weighted by molar-refractivity contribution is 5.67. The van der Waals surface area contributed by atoms with E-state index in [1.165, 1.54) is 0 Å². The Kier molecular flexibility index (Phi) is 2.92. The normalized spacial score (nSPS) is 10.6. The van der Waals surface area contributed by atoms with Crippen LogP contribution in [0.1, 0.15) is 11.7 Å². The molecule has 4 nitrogen and oxygen atoms in total.